The maximum absolute atomic E-state index is 12.2. The van der Waals surface area contributed by atoms with Crippen LogP contribution in [0.1, 0.15) is 36.0 Å². The molecule has 1 aliphatic heterocycles. The Hall–Kier alpha value is -1.65. The van der Waals surface area contributed by atoms with Crippen LogP contribution in [0.2, 0.25) is 5.15 Å². The number of amides is 1. The second kappa shape index (κ2) is 7.75. The third-order valence-corrected chi connectivity index (χ3v) is 4.62. The fourth-order valence-corrected chi connectivity index (χ4v) is 3.36. The molecule has 3 rings (SSSR count). The van der Waals surface area contributed by atoms with E-state index in [1.54, 1.807) is 18.3 Å². The minimum atomic E-state index is -0.107. The molecule has 1 amide bonds. The quantitative estimate of drug-likeness (QED) is 0.680. The maximum Gasteiger partial charge on any atom is 0.251 e. The SMILES string of the molecule is O=C(NCC1=CCCN(C2C=CCCC2)C1)c1ccnc(Cl)c1. The predicted octanol–water partition coefficient (Wildman–Crippen LogP) is 3.21. The van der Waals surface area contributed by atoms with Crippen molar-refractivity contribution < 1.29 is 4.79 Å². The van der Waals surface area contributed by atoms with Gasteiger partial charge in [0.25, 0.3) is 5.91 Å². The summed E-state index contributed by atoms with van der Waals surface area (Å²) in [5, 5.41) is 3.32. The van der Waals surface area contributed by atoms with E-state index >= 15 is 0 Å². The molecule has 122 valence electrons. The van der Waals surface area contributed by atoms with E-state index in [1.807, 2.05) is 0 Å². The van der Waals surface area contributed by atoms with Crippen molar-refractivity contribution in [1.29, 1.82) is 0 Å². The van der Waals surface area contributed by atoms with E-state index in [0.29, 0.717) is 23.3 Å². The van der Waals surface area contributed by atoms with Crippen LogP contribution in [0.4, 0.5) is 0 Å². The van der Waals surface area contributed by atoms with Crippen LogP contribution in [-0.2, 0) is 0 Å². The van der Waals surface area contributed by atoms with Gasteiger partial charge >= 0.3 is 0 Å². The molecule has 1 unspecified atom stereocenters. The zero-order valence-electron chi connectivity index (χ0n) is 13.2. The normalized spacial score (nSPS) is 21.8. The Labute approximate surface area is 142 Å². The fraction of sp³-hybridized carbons (Fsp3) is 0.444. The van der Waals surface area contributed by atoms with Crippen molar-refractivity contribution in [3.05, 3.63) is 52.8 Å². The molecule has 1 aromatic heterocycles. The average molecular weight is 332 g/mol. The van der Waals surface area contributed by atoms with Crippen LogP contribution in [0, 0.1) is 0 Å². The fourth-order valence-electron chi connectivity index (χ4n) is 3.19. The Morgan fingerprint density at radius 3 is 3.13 bits per heavy atom. The first-order chi connectivity index (χ1) is 11.2. The summed E-state index contributed by atoms with van der Waals surface area (Å²) in [6.45, 7) is 2.63. The molecule has 0 bridgehead atoms. The highest BCUT2D eigenvalue weighted by Crippen LogP contribution is 2.20. The van der Waals surface area contributed by atoms with E-state index in [4.69, 9.17) is 11.6 Å². The molecule has 4 nitrogen and oxygen atoms in total. The number of nitrogens with one attached hydrogen (secondary N) is 1. The highest BCUT2D eigenvalue weighted by molar-refractivity contribution is 6.29. The molecule has 1 aromatic rings. The van der Waals surface area contributed by atoms with Crippen molar-refractivity contribution in [2.45, 2.75) is 31.7 Å². The van der Waals surface area contributed by atoms with Gasteiger partial charge in [-0.05, 0) is 43.4 Å². The lowest BCUT2D eigenvalue weighted by Crippen LogP contribution is -2.41. The van der Waals surface area contributed by atoms with Gasteiger partial charge < -0.3 is 5.32 Å². The summed E-state index contributed by atoms with van der Waals surface area (Å²) in [5.41, 5.74) is 1.83. The second-order valence-corrected chi connectivity index (χ2v) is 6.49. The van der Waals surface area contributed by atoms with Gasteiger partial charge in [0.2, 0.25) is 0 Å². The predicted molar refractivity (Wildman–Crippen MR) is 92.6 cm³/mol. The van der Waals surface area contributed by atoms with Gasteiger partial charge in [-0.1, -0.05) is 29.8 Å². The van der Waals surface area contributed by atoms with Crippen molar-refractivity contribution in [2.24, 2.45) is 0 Å². The van der Waals surface area contributed by atoms with Crippen molar-refractivity contribution in [3.63, 3.8) is 0 Å². The molecular formula is C18H22ClN3O. The van der Waals surface area contributed by atoms with Gasteiger partial charge in [0, 0.05) is 37.4 Å². The van der Waals surface area contributed by atoms with Crippen molar-refractivity contribution in [2.75, 3.05) is 19.6 Å². The molecule has 1 N–H and O–H groups in total. The van der Waals surface area contributed by atoms with Crippen LogP contribution in [0.5, 0.6) is 0 Å². The number of carbonyl (C=O) groups is 1. The first-order valence-corrected chi connectivity index (χ1v) is 8.58. The molecule has 0 aromatic carbocycles. The molecule has 0 fully saturated rings. The van der Waals surface area contributed by atoms with Crippen LogP contribution in [0.25, 0.3) is 0 Å². The third kappa shape index (κ3) is 4.43. The summed E-state index contributed by atoms with van der Waals surface area (Å²) < 4.78 is 0. The molecule has 2 aliphatic rings. The number of pyridine rings is 1. The first-order valence-electron chi connectivity index (χ1n) is 8.21. The Bertz CT molecular complexity index is 626. The van der Waals surface area contributed by atoms with Crippen molar-refractivity contribution in [3.8, 4) is 0 Å². The summed E-state index contributed by atoms with van der Waals surface area (Å²) in [6.07, 6.45) is 13.2. The van der Waals surface area contributed by atoms with Crippen LogP contribution >= 0.6 is 11.6 Å². The molecule has 1 atom stereocenters. The summed E-state index contributed by atoms with van der Waals surface area (Å²) in [6, 6.07) is 3.82. The number of aromatic nitrogens is 1. The van der Waals surface area contributed by atoms with Crippen LogP contribution in [0.15, 0.2) is 42.1 Å². The zero-order valence-corrected chi connectivity index (χ0v) is 13.9. The number of halogens is 1. The van der Waals surface area contributed by atoms with E-state index in [1.165, 1.54) is 24.8 Å². The largest absolute Gasteiger partial charge is 0.348 e. The summed E-state index contributed by atoms with van der Waals surface area (Å²) in [7, 11) is 0. The monoisotopic (exact) mass is 331 g/mol. The Morgan fingerprint density at radius 1 is 1.43 bits per heavy atom. The molecule has 0 saturated carbocycles. The average Bonchev–Trinajstić information content (AvgIpc) is 2.61. The maximum atomic E-state index is 12.2. The first kappa shape index (κ1) is 16.2. The lowest BCUT2D eigenvalue weighted by Gasteiger charge is -2.34. The number of hydrogen-bond donors (Lipinski definition) is 1. The van der Waals surface area contributed by atoms with Gasteiger partial charge in [0.05, 0.1) is 0 Å². The number of carbonyl (C=O) groups excluding carboxylic acids is 1. The summed E-state index contributed by atoms with van der Waals surface area (Å²) in [4.78, 5) is 18.6. The van der Waals surface area contributed by atoms with Crippen LogP contribution < -0.4 is 5.32 Å². The van der Waals surface area contributed by atoms with Crippen molar-refractivity contribution >= 4 is 17.5 Å². The minimum Gasteiger partial charge on any atom is -0.348 e. The summed E-state index contributed by atoms with van der Waals surface area (Å²) >= 11 is 5.83. The van der Waals surface area contributed by atoms with E-state index in [9.17, 15) is 4.79 Å². The summed E-state index contributed by atoms with van der Waals surface area (Å²) in [5.74, 6) is -0.107. The minimum absolute atomic E-state index is 0.107. The van der Waals surface area contributed by atoms with Crippen molar-refractivity contribution in [1.82, 2.24) is 15.2 Å². The van der Waals surface area contributed by atoms with Crippen LogP contribution in [-0.4, -0.2) is 41.5 Å². The Morgan fingerprint density at radius 2 is 2.35 bits per heavy atom. The van der Waals surface area contributed by atoms with Gasteiger partial charge in [-0.25, -0.2) is 4.98 Å². The van der Waals surface area contributed by atoms with E-state index in [2.05, 4.69) is 33.4 Å². The smallest absolute Gasteiger partial charge is 0.251 e. The van der Waals surface area contributed by atoms with E-state index in [0.717, 1.165) is 19.5 Å². The van der Waals surface area contributed by atoms with Gasteiger partial charge in [0.1, 0.15) is 5.15 Å². The second-order valence-electron chi connectivity index (χ2n) is 6.10. The van der Waals surface area contributed by atoms with Gasteiger partial charge in [-0.3, -0.25) is 9.69 Å². The van der Waals surface area contributed by atoms with E-state index in [-0.39, 0.29) is 5.91 Å². The molecule has 23 heavy (non-hydrogen) atoms. The molecular weight excluding hydrogens is 310 g/mol. The molecule has 0 spiro atoms. The molecule has 1 aliphatic carbocycles. The number of rotatable bonds is 4. The van der Waals surface area contributed by atoms with Gasteiger partial charge in [-0.2, -0.15) is 0 Å². The highest BCUT2D eigenvalue weighted by Gasteiger charge is 2.21. The Balaban J connectivity index is 1.53. The van der Waals surface area contributed by atoms with Gasteiger partial charge in [-0.15, -0.1) is 0 Å². The molecule has 0 radical (unpaired) electrons. The lowest BCUT2D eigenvalue weighted by molar-refractivity contribution is 0.0955. The zero-order chi connectivity index (χ0) is 16.1. The third-order valence-electron chi connectivity index (χ3n) is 4.42. The molecule has 2 heterocycles. The lowest BCUT2D eigenvalue weighted by atomic mass is 9.98. The topological polar surface area (TPSA) is 45.2 Å². The van der Waals surface area contributed by atoms with Gasteiger partial charge in [0.15, 0.2) is 0 Å². The number of hydrogen-bond acceptors (Lipinski definition) is 3. The van der Waals surface area contributed by atoms with E-state index < -0.39 is 0 Å². The number of nitrogens with zero attached hydrogens (tertiary/aromatic N) is 2. The number of allylic oxidation sites excluding steroid dienone is 1. The Kier molecular flexibility index (Phi) is 5.47. The molecule has 5 heteroatoms. The van der Waals surface area contributed by atoms with Crippen LogP contribution in [0.3, 0.4) is 0 Å². The molecule has 0 saturated heterocycles. The highest BCUT2D eigenvalue weighted by atomic mass is 35.5. The standard InChI is InChI=1S/C18H22ClN3O/c19-17-11-15(8-9-20-17)18(23)21-12-14-5-4-10-22(13-14)16-6-2-1-3-7-16/h2,5-6,8-9,11,16H,1,3-4,7,10,12-13H2,(H,21,23).